The zero-order chi connectivity index (χ0) is 53.0. The molecule has 0 amide bonds. The summed E-state index contributed by atoms with van der Waals surface area (Å²) in [6, 6.07) is 22.0. The molecule has 2 unspecified atom stereocenters. The molecule has 2 aliphatic rings. The first-order chi connectivity index (χ1) is 34.3. The molecule has 30 heteroatoms. The molecule has 390 valence electrons. The standard InChI is InChI=1S/C24H27ClN4O7S2.C21H19Cl2N3O6S3.2Na/c1-14-12-29(13-15(2)35-14)38(33,34)20-8-6-19(7-9-20)26-24(30)21-11-18(25)5-10-22(21)28-37(31,32)23-16(3)27-36-17(23)4;22-14-1-6-18(25-34(28,29)20-8-7-19(23)33-20)17(13-14)21(27)24-15-2-4-16(5-3-15)35(30,31)26-9-11-32-12-10-26;;/h5-11,14-15,28H,12-13H2,1-4H3,(H,26,30);1-8,13,25H,9-12H2,(H,24,27);;/q;;2*+1/p-2. The zero-order valence-corrected chi connectivity index (χ0v) is 51.2. The topological polar surface area (TPSA) is 282 Å². The van der Waals surface area contributed by atoms with Crippen molar-refractivity contribution in [1.29, 1.82) is 0 Å². The number of sulfonamides is 4. The maximum atomic E-state index is 13.1. The van der Waals surface area contributed by atoms with Gasteiger partial charge in [0.25, 0.3) is 20.0 Å². The Kier molecular flexibility index (Phi) is 21.9. The summed E-state index contributed by atoms with van der Waals surface area (Å²) in [6.07, 6.45) is -0.468. The van der Waals surface area contributed by atoms with Crippen LogP contribution in [0.4, 0.5) is 22.7 Å². The molecule has 0 saturated carbocycles. The van der Waals surface area contributed by atoms with E-state index in [-0.39, 0.29) is 172 Å². The fraction of sp³-hybridized carbons (Fsp3) is 0.267. The molecule has 2 N–H and O–H groups in total. The van der Waals surface area contributed by atoms with Crippen LogP contribution in [0.25, 0.3) is 0 Å². The van der Waals surface area contributed by atoms with Crippen LogP contribution in [0.1, 0.15) is 36.4 Å². The third kappa shape index (κ3) is 15.6. The molecule has 2 fully saturated rings. The van der Waals surface area contributed by atoms with Crippen molar-refractivity contribution < 1.29 is 117 Å². The van der Waals surface area contributed by atoms with Crippen molar-refractivity contribution in [3.63, 3.8) is 0 Å². The van der Waals surface area contributed by atoms with Gasteiger partial charge in [-0.2, -0.15) is 8.61 Å². The predicted molar refractivity (Wildman–Crippen MR) is 273 cm³/mol. The number of thiophene rings is 1. The Labute approximate surface area is 497 Å². The molecule has 0 aliphatic carbocycles. The van der Waals surface area contributed by atoms with Crippen LogP contribution in [0, 0.1) is 13.8 Å². The van der Waals surface area contributed by atoms with Gasteiger partial charge in [0, 0.05) is 47.4 Å². The van der Waals surface area contributed by atoms with E-state index in [1.54, 1.807) is 0 Å². The first-order valence-corrected chi connectivity index (χ1v) is 29.4. The first-order valence-electron chi connectivity index (χ1n) is 21.6. The molecule has 2 saturated heterocycles. The number of anilines is 2. The largest absolute Gasteiger partial charge is 1.00 e. The van der Waals surface area contributed by atoms with Crippen molar-refractivity contribution >= 4 is 121 Å². The number of nitrogens with zero attached hydrogens (tertiary/aromatic N) is 5. The van der Waals surface area contributed by atoms with Gasteiger partial charge in [0.15, 0.2) is 10.7 Å². The van der Waals surface area contributed by atoms with Crippen LogP contribution >= 0.6 is 46.1 Å². The monoisotopic (exact) mass is 1200 g/mol. The number of hydrogen-bond donors (Lipinski definition) is 2. The van der Waals surface area contributed by atoms with Crippen LogP contribution in [0.2, 0.25) is 14.4 Å². The minimum atomic E-state index is -4.14. The Balaban J connectivity index is 0.000000271. The van der Waals surface area contributed by atoms with Gasteiger partial charge in [-0.25, -0.2) is 33.7 Å². The molecule has 6 aromatic rings. The number of aliphatic imine (C=N–C) groups is 2. The Morgan fingerprint density at radius 3 is 1.53 bits per heavy atom. The number of halogens is 3. The van der Waals surface area contributed by atoms with Crippen LogP contribution in [0.15, 0.2) is 130 Å². The third-order valence-electron chi connectivity index (χ3n) is 10.7. The van der Waals surface area contributed by atoms with Crippen molar-refractivity contribution in [3.05, 3.63) is 134 Å². The van der Waals surface area contributed by atoms with E-state index in [1.165, 1.54) is 120 Å². The molecular weight excluding hydrogens is 1160 g/mol. The molecule has 4 heterocycles. The number of aryl methyl sites for hydroxylation is 2. The van der Waals surface area contributed by atoms with E-state index in [9.17, 15) is 43.9 Å². The van der Waals surface area contributed by atoms with Crippen LogP contribution in [-0.2, 0) is 49.6 Å². The van der Waals surface area contributed by atoms with E-state index in [4.69, 9.17) is 48.8 Å². The fourth-order valence-corrected chi connectivity index (χ4v) is 14.7. The Bertz CT molecular complexity index is 3500. The van der Waals surface area contributed by atoms with E-state index >= 15 is 0 Å². The van der Waals surface area contributed by atoms with E-state index in [0.717, 1.165) is 11.3 Å². The van der Waals surface area contributed by atoms with E-state index in [1.807, 2.05) is 13.8 Å². The molecular formula is C45H44Cl3N7Na2O13S5. The number of hydrogen-bond acceptors (Lipinski definition) is 17. The van der Waals surface area contributed by atoms with Crippen molar-refractivity contribution in [2.45, 2.75) is 58.8 Å². The summed E-state index contributed by atoms with van der Waals surface area (Å²) in [6.45, 7) is 8.21. The van der Waals surface area contributed by atoms with E-state index in [2.05, 4.69) is 24.6 Å². The SMILES string of the molecule is Cc1noc(C)c1S(=O)(=O)Nc1ccc(Cl)cc1C([O-])=Nc1ccc(S(=O)(=O)N2CC(C)OC(C)C2)cc1.O=S(=O)(Nc1ccc(Cl)cc1C([O-])=Nc1ccc(S(=O)(=O)N2CCOCC2)cc1)c1ccc(Cl)s1.[Na+].[Na+]. The number of benzene rings is 4. The van der Waals surface area contributed by atoms with Crippen LogP contribution in [-0.4, -0.2) is 111 Å². The summed E-state index contributed by atoms with van der Waals surface area (Å²) < 4.78 is 126. The summed E-state index contributed by atoms with van der Waals surface area (Å²) in [5.74, 6) is -1.45. The van der Waals surface area contributed by atoms with Gasteiger partial charge in [0.2, 0.25) is 20.0 Å². The minimum absolute atomic E-state index is 0. The molecule has 75 heavy (non-hydrogen) atoms. The van der Waals surface area contributed by atoms with Crippen molar-refractivity contribution in [2.24, 2.45) is 9.98 Å². The van der Waals surface area contributed by atoms with Crippen LogP contribution in [0.3, 0.4) is 0 Å². The Hall–Kier alpha value is -3.16. The molecule has 2 aliphatic heterocycles. The molecule has 2 atom stereocenters. The predicted octanol–water partition coefficient (Wildman–Crippen LogP) is 0.305. The number of morpholine rings is 2. The van der Waals surface area contributed by atoms with Crippen molar-refractivity contribution in [1.82, 2.24) is 13.8 Å². The van der Waals surface area contributed by atoms with Gasteiger partial charge < -0.3 is 24.2 Å². The van der Waals surface area contributed by atoms with Crippen LogP contribution < -0.4 is 78.8 Å². The Morgan fingerprint density at radius 2 is 1.11 bits per heavy atom. The number of ether oxygens (including phenoxy) is 2. The number of rotatable bonds is 14. The average molecular weight is 1200 g/mol. The van der Waals surface area contributed by atoms with Gasteiger partial charge in [-0.05, 0) is 137 Å². The third-order valence-corrected chi connectivity index (χ3v) is 19.7. The molecule has 20 nitrogen and oxygen atoms in total. The molecule has 4 aromatic carbocycles. The summed E-state index contributed by atoms with van der Waals surface area (Å²) in [5.41, 5.74) is 0.302. The Morgan fingerprint density at radius 1 is 0.653 bits per heavy atom. The summed E-state index contributed by atoms with van der Waals surface area (Å²) >= 11 is 18.8. The molecule has 0 bridgehead atoms. The normalized spacial score (nSPS) is 17.2. The summed E-state index contributed by atoms with van der Waals surface area (Å²) in [5, 5.41) is 30.0. The van der Waals surface area contributed by atoms with Gasteiger partial charge in [-0.15, -0.1) is 11.3 Å². The van der Waals surface area contributed by atoms with Crippen molar-refractivity contribution in [3.8, 4) is 0 Å². The van der Waals surface area contributed by atoms with E-state index < -0.39 is 51.9 Å². The second-order valence-electron chi connectivity index (χ2n) is 16.2. The average Bonchev–Trinajstić information content (AvgIpc) is 3.95. The number of aromatic nitrogens is 1. The maximum Gasteiger partial charge on any atom is 1.00 e. The zero-order valence-electron chi connectivity index (χ0n) is 40.9. The first kappa shape index (κ1) is 62.7. The minimum Gasteiger partial charge on any atom is -0.858 e. The van der Waals surface area contributed by atoms with Crippen LogP contribution in [0.5, 0.6) is 0 Å². The van der Waals surface area contributed by atoms with Gasteiger partial charge in [-0.1, -0.05) is 40.0 Å². The summed E-state index contributed by atoms with van der Waals surface area (Å²) in [7, 11) is -15.6. The maximum absolute atomic E-state index is 13.1. The number of nitrogens with one attached hydrogen (secondary N) is 2. The summed E-state index contributed by atoms with van der Waals surface area (Å²) in [4.78, 5) is 8.01. The van der Waals surface area contributed by atoms with Crippen molar-refractivity contribution in [2.75, 3.05) is 48.8 Å². The van der Waals surface area contributed by atoms with Gasteiger partial charge >= 0.3 is 59.1 Å². The van der Waals surface area contributed by atoms with Gasteiger partial charge in [-0.3, -0.25) is 19.4 Å². The molecule has 8 rings (SSSR count). The molecule has 0 radical (unpaired) electrons. The second kappa shape index (κ2) is 26.2. The smallest absolute Gasteiger partial charge is 0.858 e. The fourth-order valence-electron chi connectivity index (χ4n) is 7.41. The molecule has 0 spiro atoms. The molecule has 2 aromatic heterocycles. The van der Waals surface area contributed by atoms with Gasteiger partial charge in [0.1, 0.15) is 9.90 Å². The van der Waals surface area contributed by atoms with E-state index in [0.29, 0.717) is 17.6 Å². The quantitative estimate of drug-likeness (QED) is 0.0844. The second-order valence-corrected chi connectivity index (χ2v) is 26.2. The van der Waals surface area contributed by atoms with Gasteiger partial charge in [0.05, 0.1) is 62.3 Å².